The summed E-state index contributed by atoms with van der Waals surface area (Å²) in [6.07, 6.45) is 4.66. The molecule has 0 fully saturated rings. The Balaban J connectivity index is 1.77. The summed E-state index contributed by atoms with van der Waals surface area (Å²) in [6, 6.07) is 5.56. The van der Waals surface area contributed by atoms with E-state index in [1.807, 2.05) is 48.9 Å². The van der Waals surface area contributed by atoms with E-state index in [2.05, 4.69) is 10.3 Å². The van der Waals surface area contributed by atoms with Gasteiger partial charge in [0.25, 0.3) is 5.91 Å². The van der Waals surface area contributed by atoms with Crippen molar-refractivity contribution in [2.45, 2.75) is 19.4 Å². The molecule has 21 heavy (non-hydrogen) atoms. The number of benzene rings is 1. The normalized spacial score (nSPS) is 21.1. The summed E-state index contributed by atoms with van der Waals surface area (Å²) in [5, 5.41) is 12.1. The number of aliphatic hydroxyl groups excluding tert-OH is 1. The zero-order chi connectivity index (χ0) is 15.0. The molecule has 1 aliphatic rings. The van der Waals surface area contributed by atoms with Gasteiger partial charge in [-0.15, -0.1) is 0 Å². The topological polar surface area (TPSA) is 67.2 Å². The van der Waals surface area contributed by atoms with Crippen LogP contribution in [0.1, 0.15) is 22.6 Å². The van der Waals surface area contributed by atoms with Crippen LogP contribution in [0.5, 0.6) is 0 Å². The van der Waals surface area contributed by atoms with Gasteiger partial charge in [0.05, 0.1) is 11.0 Å². The molecule has 3 rings (SSSR count). The Hall–Kier alpha value is -2.14. The Morgan fingerprint density at radius 2 is 2.29 bits per heavy atom. The largest absolute Gasteiger partial charge is 0.396 e. The predicted molar refractivity (Wildman–Crippen MR) is 81.0 cm³/mol. The molecule has 1 aromatic carbocycles. The zero-order valence-corrected chi connectivity index (χ0v) is 12.2. The molecule has 0 saturated carbocycles. The van der Waals surface area contributed by atoms with Gasteiger partial charge in [-0.3, -0.25) is 4.79 Å². The number of carbonyl (C=O) groups excluding carboxylic acids is 1. The fourth-order valence-corrected chi connectivity index (χ4v) is 2.73. The monoisotopic (exact) mass is 285 g/mol. The van der Waals surface area contributed by atoms with Gasteiger partial charge in [-0.05, 0) is 31.5 Å². The Bertz CT molecular complexity index is 718. The third-order valence-corrected chi connectivity index (χ3v) is 4.09. The molecule has 2 atom stereocenters. The average molecular weight is 285 g/mol. The lowest BCUT2D eigenvalue weighted by molar-refractivity contribution is 0.0941. The molecule has 1 aliphatic carbocycles. The second-order valence-corrected chi connectivity index (χ2v) is 5.56. The first kappa shape index (κ1) is 13.8. The Morgan fingerprint density at radius 1 is 1.48 bits per heavy atom. The smallest absolute Gasteiger partial charge is 0.251 e. The van der Waals surface area contributed by atoms with Gasteiger partial charge in [0.1, 0.15) is 5.82 Å². The van der Waals surface area contributed by atoms with E-state index in [-0.39, 0.29) is 24.5 Å². The molecule has 0 saturated heterocycles. The van der Waals surface area contributed by atoms with Gasteiger partial charge in [-0.2, -0.15) is 0 Å². The minimum absolute atomic E-state index is 0.00387. The maximum absolute atomic E-state index is 12.3. The standard InChI is InChI=1S/C16H19N3O2/c1-10-17-14-8-12(4-6-15(14)19(10)2)16(21)18-13-5-3-11(7-13)9-20/h3-6,8,11,13,20H,7,9H2,1-2H3,(H,18,21)/t11-,13+/m0/s1. The van der Waals surface area contributed by atoms with Crippen molar-refractivity contribution in [3.63, 3.8) is 0 Å². The molecule has 5 heteroatoms. The highest BCUT2D eigenvalue weighted by atomic mass is 16.3. The van der Waals surface area contributed by atoms with Crippen LogP contribution in [-0.4, -0.2) is 33.2 Å². The lowest BCUT2D eigenvalue weighted by Gasteiger charge is -2.12. The summed E-state index contributed by atoms with van der Waals surface area (Å²) in [5.41, 5.74) is 2.46. The van der Waals surface area contributed by atoms with Crippen LogP contribution in [-0.2, 0) is 7.05 Å². The van der Waals surface area contributed by atoms with Gasteiger partial charge in [-0.25, -0.2) is 4.98 Å². The van der Waals surface area contributed by atoms with Crippen LogP contribution in [0.4, 0.5) is 0 Å². The third-order valence-electron chi connectivity index (χ3n) is 4.09. The molecule has 1 aromatic heterocycles. The fourth-order valence-electron chi connectivity index (χ4n) is 2.73. The summed E-state index contributed by atoms with van der Waals surface area (Å²) < 4.78 is 2.00. The van der Waals surface area contributed by atoms with E-state index >= 15 is 0 Å². The molecule has 110 valence electrons. The predicted octanol–water partition coefficient (Wildman–Crippen LogP) is 1.55. The molecule has 5 nitrogen and oxygen atoms in total. The van der Waals surface area contributed by atoms with Crippen molar-refractivity contribution in [2.75, 3.05) is 6.61 Å². The van der Waals surface area contributed by atoms with Crippen molar-refractivity contribution in [3.8, 4) is 0 Å². The van der Waals surface area contributed by atoms with Gasteiger partial charge in [0, 0.05) is 31.2 Å². The molecule has 0 radical (unpaired) electrons. The Kier molecular flexibility index (Phi) is 3.51. The highest BCUT2D eigenvalue weighted by molar-refractivity contribution is 5.97. The minimum Gasteiger partial charge on any atom is -0.396 e. The quantitative estimate of drug-likeness (QED) is 0.841. The summed E-state index contributed by atoms with van der Waals surface area (Å²) in [4.78, 5) is 16.7. The molecule has 2 N–H and O–H groups in total. The molecule has 1 amide bonds. The number of aryl methyl sites for hydroxylation is 2. The number of fused-ring (bicyclic) bond motifs is 1. The van der Waals surface area contributed by atoms with Crippen LogP contribution in [0, 0.1) is 12.8 Å². The third kappa shape index (κ3) is 2.56. The van der Waals surface area contributed by atoms with Gasteiger partial charge in [-0.1, -0.05) is 12.2 Å². The van der Waals surface area contributed by atoms with E-state index in [1.54, 1.807) is 0 Å². The Morgan fingerprint density at radius 3 is 3.00 bits per heavy atom. The van der Waals surface area contributed by atoms with E-state index in [1.165, 1.54) is 0 Å². The number of amides is 1. The number of imidazole rings is 1. The van der Waals surface area contributed by atoms with Crippen molar-refractivity contribution >= 4 is 16.9 Å². The molecule has 0 bridgehead atoms. The van der Waals surface area contributed by atoms with Crippen molar-refractivity contribution in [1.29, 1.82) is 0 Å². The maximum atomic E-state index is 12.3. The molecule has 0 unspecified atom stereocenters. The highest BCUT2D eigenvalue weighted by Gasteiger charge is 2.20. The van der Waals surface area contributed by atoms with E-state index in [0.29, 0.717) is 5.56 Å². The van der Waals surface area contributed by atoms with Crippen LogP contribution < -0.4 is 5.32 Å². The molecule has 0 aliphatic heterocycles. The number of nitrogens with one attached hydrogen (secondary N) is 1. The molecule has 0 spiro atoms. The lowest BCUT2D eigenvalue weighted by Crippen LogP contribution is -2.32. The maximum Gasteiger partial charge on any atom is 0.251 e. The van der Waals surface area contributed by atoms with Crippen LogP contribution in [0.15, 0.2) is 30.4 Å². The minimum atomic E-state index is -0.103. The SMILES string of the molecule is Cc1nc2cc(C(=O)N[C@@H]3C=C[C@H](CO)C3)ccc2n1C. The number of hydrogen-bond acceptors (Lipinski definition) is 3. The van der Waals surface area contributed by atoms with Crippen molar-refractivity contribution in [3.05, 3.63) is 41.7 Å². The fraction of sp³-hybridized carbons (Fsp3) is 0.375. The van der Waals surface area contributed by atoms with Crippen molar-refractivity contribution in [2.24, 2.45) is 13.0 Å². The highest BCUT2D eigenvalue weighted by Crippen LogP contribution is 2.19. The van der Waals surface area contributed by atoms with Crippen molar-refractivity contribution in [1.82, 2.24) is 14.9 Å². The first-order valence-corrected chi connectivity index (χ1v) is 7.11. The van der Waals surface area contributed by atoms with Crippen molar-refractivity contribution < 1.29 is 9.90 Å². The number of rotatable bonds is 3. The lowest BCUT2D eigenvalue weighted by atomic mass is 10.1. The van der Waals surface area contributed by atoms with E-state index in [4.69, 9.17) is 5.11 Å². The first-order chi connectivity index (χ1) is 10.1. The summed E-state index contributed by atoms with van der Waals surface area (Å²) in [6.45, 7) is 2.07. The number of hydrogen-bond donors (Lipinski definition) is 2. The average Bonchev–Trinajstić information content (AvgIpc) is 3.04. The van der Waals surface area contributed by atoms with Gasteiger partial charge in [0.15, 0.2) is 0 Å². The second-order valence-electron chi connectivity index (χ2n) is 5.56. The van der Waals surface area contributed by atoms with Crippen LogP contribution >= 0.6 is 0 Å². The summed E-state index contributed by atoms with van der Waals surface area (Å²) in [5.74, 6) is 0.969. The number of carbonyl (C=O) groups is 1. The summed E-state index contributed by atoms with van der Waals surface area (Å²) in [7, 11) is 1.96. The number of nitrogens with zero attached hydrogens (tertiary/aromatic N) is 2. The van der Waals surface area contributed by atoms with E-state index in [0.717, 1.165) is 23.3 Å². The summed E-state index contributed by atoms with van der Waals surface area (Å²) >= 11 is 0. The Labute approximate surface area is 123 Å². The van der Waals surface area contributed by atoms with Gasteiger partial charge >= 0.3 is 0 Å². The van der Waals surface area contributed by atoms with Gasteiger partial charge in [0.2, 0.25) is 0 Å². The second kappa shape index (κ2) is 5.33. The van der Waals surface area contributed by atoms with Crippen LogP contribution in [0.25, 0.3) is 11.0 Å². The zero-order valence-electron chi connectivity index (χ0n) is 12.2. The number of aromatic nitrogens is 2. The van der Waals surface area contributed by atoms with Crippen LogP contribution in [0.3, 0.4) is 0 Å². The van der Waals surface area contributed by atoms with Crippen LogP contribution in [0.2, 0.25) is 0 Å². The van der Waals surface area contributed by atoms with E-state index in [9.17, 15) is 4.79 Å². The molecule has 2 aromatic rings. The molecular weight excluding hydrogens is 266 g/mol. The first-order valence-electron chi connectivity index (χ1n) is 7.11. The van der Waals surface area contributed by atoms with E-state index < -0.39 is 0 Å². The number of aliphatic hydroxyl groups is 1. The molecule has 1 heterocycles. The molecular formula is C16H19N3O2. The van der Waals surface area contributed by atoms with Gasteiger partial charge < -0.3 is 15.0 Å².